The number of nitrogens with two attached hydrogens (primary N) is 1. The van der Waals surface area contributed by atoms with E-state index in [-0.39, 0.29) is 0 Å². The third kappa shape index (κ3) is 5.17. The molecule has 1 aromatic carbocycles. The van der Waals surface area contributed by atoms with Crippen molar-refractivity contribution in [3.63, 3.8) is 0 Å². The van der Waals surface area contributed by atoms with Crippen LogP contribution in [0.5, 0.6) is 0 Å². The predicted molar refractivity (Wildman–Crippen MR) is 71.6 cm³/mol. The fourth-order valence-electron chi connectivity index (χ4n) is 1.91. The van der Waals surface area contributed by atoms with Crippen molar-refractivity contribution >= 4 is 5.69 Å². The van der Waals surface area contributed by atoms with Crippen molar-refractivity contribution in [3.05, 3.63) is 29.8 Å². The number of para-hydroxylation sites is 1. The van der Waals surface area contributed by atoms with E-state index in [9.17, 15) is 0 Å². The molecule has 1 aromatic rings. The lowest BCUT2D eigenvalue weighted by Crippen LogP contribution is -2.06. The second-order valence-corrected chi connectivity index (χ2v) is 4.32. The van der Waals surface area contributed by atoms with Crippen LogP contribution in [-0.4, -0.2) is 13.6 Å². The van der Waals surface area contributed by atoms with Crippen LogP contribution in [0.25, 0.3) is 0 Å². The minimum atomic E-state index is 0.942. The number of anilines is 1. The number of nitrogens with one attached hydrogen (secondary N) is 1. The van der Waals surface area contributed by atoms with Gasteiger partial charge in [-0.2, -0.15) is 0 Å². The van der Waals surface area contributed by atoms with Crippen molar-refractivity contribution in [1.82, 2.24) is 5.32 Å². The molecule has 0 spiro atoms. The van der Waals surface area contributed by atoms with Gasteiger partial charge in [-0.15, -0.1) is 0 Å². The van der Waals surface area contributed by atoms with Gasteiger partial charge in [-0.05, 0) is 44.5 Å². The number of rotatable bonds is 8. The van der Waals surface area contributed by atoms with Crippen molar-refractivity contribution in [2.45, 2.75) is 38.5 Å². The fraction of sp³-hybridized carbons (Fsp3) is 0.571. The van der Waals surface area contributed by atoms with Crippen molar-refractivity contribution < 1.29 is 0 Å². The summed E-state index contributed by atoms with van der Waals surface area (Å²) in [6, 6.07) is 8.19. The maximum atomic E-state index is 5.89. The van der Waals surface area contributed by atoms with E-state index < -0.39 is 0 Å². The molecule has 3 N–H and O–H groups in total. The Hall–Kier alpha value is -1.02. The summed E-state index contributed by atoms with van der Waals surface area (Å²) in [7, 11) is 2.01. The van der Waals surface area contributed by atoms with Gasteiger partial charge in [-0.3, -0.25) is 0 Å². The fourth-order valence-corrected chi connectivity index (χ4v) is 1.91. The second kappa shape index (κ2) is 8.17. The van der Waals surface area contributed by atoms with Crippen molar-refractivity contribution in [1.29, 1.82) is 0 Å². The summed E-state index contributed by atoms with van der Waals surface area (Å²) in [5.41, 5.74) is 8.14. The van der Waals surface area contributed by atoms with E-state index in [1.165, 1.54) is 37.7 Å². The molecule has 90 valence electrons. The molecule has 0 aliphatic rings. The average molecular weight is 220 g/mol. The first-order valence-electron chi connectivity index (χ1n) is 6.32. The molecular formula is C14H24N2. The lowest BCUT2D eigenvalue weighted by Gasteiger charge is -2.05. The van der Waals surface area contributed by atoms with Crippen LogP contribution in [0.4, 0.5) is 5.69 Å². The third-order valence-electron chi connectivity index (χ3n) is 2.93. The molecule has 0 aliphatic heterocycles. The molecule has 0 fully saturated rings. The number of hydrogen-bond donors (Lipinski definition) is 2. The first-order valence-corrected chi connectivity index (χ1v) is 6.32. The molecule has 0 aliphatic carbocycles. The molecule has 0 atom stereocenters. The minimum absolute atomic E-state index is 0.942. The molecule has 16 heavy (non-hydrogen) atoms. The van der Waals surface area contributed by atoms with Gasteiger partial charge in [0.15, 0.2) is 0 Å². The maximum Gasteiger partial charge on any atom is 0.0346 e. The Balaban J connectivity index is 2.05. The molecule has 2 heteroatoms. The summed E-state index contributed by atoms with van der Waals surface area (Å²) >= 11 is 0. The molecule has 0 heterocycles. The Morgan fingerprint density at radius 1 is 1.00 bits per heavy atom. The first-order chi connectivity index (χ1) is 7.84. The topological polar surface area (TPSA) is 38.0 Å². The van der Waals surface area contributed by atoms with Gasteiger partial charge in [0.2, 0.25) is 0 Å². The van der Waals surface area contributed by atoms with Crippen LogP contribution in [0.2, 0.25) is 0 Å². The highest BCUT2D eigenvalue weighted by atomic mass is 14.8. The van der Waals surface area contributed by atoms with Crippen molar-refractivity contribution in [2.24, 2.45) is 0 Å². The lowest BCUT2D eigenvalue weighted by molar-refractivity contribution is 0.597. The number of hydrogen-bond acceptors (Lipinski definition) is 2. The number of unbranched alkanes of at least 4 members (excludes halogenated alkanes) is 4. The molecular weight excluding hydrogens is 196 g/mol. The van der Waals surface area contributed by atoms with E-state index in [0.29, 0.717) is 0 Å². The highest BCUT2D eigenvalue weighted by molar-refractivity contribution is 5.46. The van der Waals surface area contributed by atoms with Crippen LogP contribution in [0.3, 0.4) is 0 Å². The van der Waals surface area contributed by atoms with E-state index in [1.807, 2.05) is 19.2 Å². The molecule has 0 bridgehead atoms. The van der Waals surface area contributed by atoms with Crippen LogP contribution < -0.4 is 11.1 Å². The van der Waals surface area contributed by atoms with E-state index in [1.54, 1.807) is 0 Å². The summed E-state index contributed by atoms with van der Waals surface area (Å²) in [4.78, 5) is 0. The minimum Gasteiger partial charge on any atom is -0.399 e. The maximum absolute atomic E-state index is 5.89. The Labute approximate surface area is 99.2 Å². The van der Waals surface area contributed by atoms with Gasteiger partial charge in [0.1, 0.15) is 0 Å². The Morgan fingerprint density at radius 2 is 1.69 bits per heavy atom. The van der Waals surface area contributed by atoms with Gasteiger partial charge in [-0.25, -0.2) is 0 Å². The van der Waals surface area contributed by atoms with Gasteiger partial charge < -0.3 is 11.1 Å². The van der Waals surface area contributed by atoms with Gasteiger partial charge in [0.25, 0.3) is 0 Å². The molecule has 0 amide bonds. The Morgan fingerprint density at radius 3 is 2.44 bits per heavy atom. The summed E-state index contributed by atoms with van der Waals surface area (Å²) < 4.78 is 0. The molecule has 0 radical (unpaired) electrons. The predicted octanol–water partition coefficient (Wildman–Crippen LogP) is 2.98. The van der Waals surface area contributed by atoms with E-state index in [0.717, 1.165) is 18.7 Å². The molecule has 0 aromatic heterocycles. The zero-order valence-corrected chi connectivity index (χ0v) is 10.3. The van der Waals surface area contributed by atoms with Gasteiger partial charge in [0, 0.05) is 5.69 Å². The summed E-state index contributed by atoms with van der Waals surface area (Å²) in [6.45, 7) is 1.14. The Kier molecular flexibility index (Phi) is 6.66. The lowest BCUT2D eigenvalue weighted by atomic mass is 10.0. The quantitative estimate of drug-likeness (QED) is 0.522. The van der Waals surface area contributed by atoms with E-state index >= 15 is 0 Å². The largest absolute Gasteiger partial charge is 0.399 e. The van der Waals surface area contributed by atoms with E-state index in [4.69, 9.17) is 5.73 Å². The molecule has 2 nitrogen and oxygen atoms in total. The highest BCUT2D eigenvalue weighted by Crippen LogP contribution is 2.14. The SMILES string of the molecule is CNCCCCCCCc1ccccc1N. The van der Waals surface area contributed by atoms with Crippen molar-refractivity contribution in [3.8, 4) is 0 Å². The zero-order chi connectivity index (χ0) is 11.6. The van der Waals surface area contributed by atoms with Crippen LogP contribution >= 0.6 is 0 Å². The Bertz CT molecular complexity index is 284. The van der Waals surface area contributed by atoms with Gasteiger partial charge >= 0.3 is 0 Å². The van der Waals surface area contributed by atoms with Crippen LogP contribution in [0, 0.1) is 0 Å². The van der Waals surface area contributed by atoms with Gasteiger partial charge in [-0.1, -0.05) is 37.5 Å². The summed E-state index contributed by atoms with van der Waals surface area (Å²) in [5, 5.41) is 3.18. The molecule has 0 saturated heterocycles. The summed E-state index contributed by atoms with van der Waals surface area (Å²) in [5.74, 6) is 0. The number of nitrogen functional groups attached to an aromatic ring is 1. The number of aryl methyl sites for hydroxylation is 1. The molecule has 1 rings (SSSR count). The second-order valence-electron chi connectivity index (χ2n) is 4.32. The van der Waals surface area contributed by atoms with Crippen LogP contribution in [-0.2, 0) is 6.42 Å². The average Bonchev–Trinajstić information content (AvgIpc) is 2.30. The van der Waals surface area contributed by atoms with Gasteiger partial charge in [0.05, 0.1) is 0 Å². The highest BCUT2D eigenvalue weighted by Gasteiger charge is 1.97. The summed E-state index contributed by atoms with van der Waals surface area (Å²) in [6.07, 6.45) is 7.67. The standard InChI is InChI=1S/C14H24N2/c1-16-12-8-4-2-3-5-9-13-10-6-7-11-14(13)15/h6-7,10-11,16H,2-5,8-9,12,15H2,1H3. The monoisotopic (exact) mass is 220 g/mol. The first kappa shape index (κ1) is 13.0. The molecule has 0 unspecified atom stereocenters. The molecule has 0 saturated carbocycles. The third-order valence-corrected chi connectivity index (χ3v) is 2.93. The normalized spacial score (nSPS) is 10.6. The number of benzene rings is 1. The van der Waals surface area contributed by atoms with Crippen LogP contribution in [0.1, 0.15) is 37.7 Å². The van der Waals surface area contributed by atoms with Crippen molar-refractivity contribution in [2.75, 3.05) is 19.3 Å². The zero-order valence-electron chi connectivity index (χ0n) is 10.3. The van der Waals surface area contributed by atoms with Crippen LogP contribution in [0.15, 0.2) is 24.3 Å². The van der Waals surface area contributed by atoms with E-state index in [2.05, 4.69) is 17.4 Å². The smallest absolute Gasteiger partial charge is 0.0346 e.